The molecule has 2 heterocycles. The number of rotatable bonds is 7. The van der Waals surface area contributed by atoms with E-state index >= 15 is 0 Å². The number of methoxy groups -OCH3 is 1. The predicted molar refractivity (Wildman–Crippen MR) is 152 cm³/mol. The third kappa shape index (κ3) is 4.21. The molecule has 0 radical (unpaired) electrons. The lowest BCUT2D eigenvalue weighted by molar-refractivity contribution is -0.165. The van der Waals surface area contributed by atoms with Gasteiger partial charge in [-0.2, -0.15) is 0 Å². The van der Waals surface area contributed by atoms with Gasteiger partial charge in [-0.05, 0) is 47.9 Å². The highest BCUT2D eigenvalue weighted by Gasteiger charge is 2.68. The highest BCUT2D eigenvalue weighted by Crippen LogP contribution is 2.54. The summed E-state index contributed by atoms with van der Waals surface area (Å²) in [4.78, 5) is 42.9. The van der Waals surface area contributed by atoms with Crippen LogP contribution in [0.3, 0.4) is 0 Å². The van der Waals surface area contributed by atoms with Gasteiger partial charge >= 0.3 is 5.97 Å². The number of benzene rings is 2. The molecule has 0 saturated carbocycles. The van der Waals surface area contributed by atoms with E-state index in [4.69, 9.17) is 9.47 Å². The van der Waals surface area contributed by atoms with Crippen molar-refractivity contribution in [3.8, 4) is 11.5 Å². The quantitative estimate of drug-likeness (QED) is 0.505. The van der Waals surface area contributed by atoms with E-state index in [1.54, 1.807) is 29.0 Å². The number of hydrogen-bond donors (Lipinski definition) is 1. The average molecular weight is 567 g/mol. The Balaban J connectivity index is 1.53. The fourth-order valence-electron chi connectivity index (χ4n) is 5.73. The van der Waals surface area contributed by atoms with E-state index in [9.17, 15) is 19.5 Å². The molecule has 10 heteroatoms. The maximum atomic E-state index is 14.6. The molecule has 1 aliphatic carbocycles. The van der Waals surface area contributed by atoms with E-state index in [0.717, 1.165) is 11.1 Å². The molecule has 2 saturated heterocycles. The van der Waals surface area contributed by atoms with E-state index in [1.165, 1.54) is 48.8 Å². The Morgan fingerprint density at radius 3 is 2.49 bits per heavy atom. The lowest BCUT2D eigenvalue weighted by Gasteiger charge is -2.54. The van der Waals surface area contributed by atoms with Crippen molar-refractivity contribution in [1.82, 2.24) is 9.80 Å². The number of hydrogen-bond acceptors (Lipinski definition) is 8. The summed E-state index contributed by atoms with van der Waals surface area (Å²) >= 11 is 2.68. The number of carbonyl (C=O) groups is 3. The van der Waals surface area contributed by atoms with Gasteiger partial charge in [0.1, 0.15) is 6.10 Å². The highest BCUT2D eigenvalue weighted by molar-refractivity contribution is 8.01. The number of fused-ring (bicyclic) bond motifs is 3. The molecule has 8 nitrogen and oxygen atoms in total. The number of esters is 1. The van der Waals surface area contributed by atoms with Crippen LogP contribution in [0.5, 0.6) is 11.5 Å². The van der Waals surface area contributed by atoms with Crippen LogP contribution in [0, 0.1) is 0 Å². The molecule has 39 heavy (non-hydrogen) atoms. The molecular formula is C29H30N2O6S2. The summed E-state index contributed by atoms with van der Waals surface area (Å²) in [5.74, 6) is -0.941. The lowest BCUT2D eigenvalue weighted by atomic mass is 9.96. The number of carbonyl (C=O) groups excluding carboxylic acids is 3. The maximum Gasteiger partial charge on any atom is 0.338 e. The first-order valence-corrected chi connectivity index (χ1v) is 14.9. The summed E-state index contributed by atoms with van der Waals surface area (Å²) in [6.07, 6.45) is 8.99. The van der Waals surface area contributed by atoms with Crippen molar-refractivity contribution >= 4 is 41.3 Å². The zero-order chi connectivity index (χ0) is 27.9. The normalized spacial score (nSPS) is 27.6. The standard InChI is InChI=1S/C29H30N2O6S2/c1-30-26(34)29(39-4)17-20-11-8-12-23(37-25(33)19-13-14-22(36-2)21(32)15-19)24(20)31(29)27(35)28(30,38-3)16-18-9-6-5-7-10-18/h5-15,23-24,32H,16-17H2,1-4H3/t23-,24-,28+,29+/m0/s1. The number of nitrogens with zero attached hydrogens (tertiary/aromatic N) is 2. The van der Waals surface area contributed by atoms with Crippen LogP contribution in [0.2, 0.25) is 0 Å². The summed E-state index contributed by atoms with van der Waals surface area (Å²) in [6.45, 7) is 0. The van der Waals surface area contributed by atoms with Crippen LogP contribution in [0.1, 0.15) is 22.3 Å². The van der Waals surface area contributed by atoms with Crippen molar-refractivity contribution in [2.75, 3.05) is 26.7 Å². The van der Waals surface area contributed by atoms with E-state index in [-0.39, 0.29) is 28.9 Å². The first-order chi connectivity index (χ1) is 18.7. The van der Waals surface area contributed by atoms with Gasteiger partial charge in [-0.15, -0.1) is 23.5 Å². The van der Waals surface area contributed by atoms with Crippen LogP contribution < -0.4 is 4.74 Å². The van der Waals surface area contributed by atoms with Crippen molar-refractivity contribution < 1.29 is 29.0 Å². The third-order valence-corrected chi connectivity index (χ3v) is 10.2. The van der Waals surface area contributed by atoms with Crippen molar-refractivity contribution in [1.29, 1.82) is 0 Å². The molecule has 0 unspecified atom stereocenters. The van der Waals surface area contributed by atoms with Gasteiger partial charge in [0.25, 0.3) is 11.8 Å². The Morgan fingerprint density at radius 2 is 1.85 bits per heavy atom. The molecule has 0 aromatic heterocycles. The largest absolute Gasteiger partial charge is 0.504 e. The molecule has 2 fully saturated rings. The third-order valence-electron chi connectivity index (χ3n) is 7.77. The number of allylic oxidation sites excluding steroid dienone is 2. The van der Waals surface area contributed by atoms with Gasteiger partial charge < -0.3 is 24.4 Å². The van der Waals surface area contributed by atoms with Gasteiger partial charge in [-0.1, -0.05) is 42.5 Å². The summed E-state index contributed by atoms with van der Waals surface area (Å²) < 4.78 is 11.0. The zero-order valence-corrected chi connectivity index (χ0v) is 23.8. The molecule has 2 aromatic rings. The number of thioether (sulfide) groups is 2. The second kappa shape index (κ2) is 10.3. The second-order valence-corrected chi connectivity index (χ2v) is 11.9. The fraction of sp³-hybridized carbons (Fsp3) is 0.345. The number of phenolic OH excluding ortho intramolecular Hbond substituents is 1. The monoisotopic (exact) mass is 566 g/mol. The number of ether oxygens (including phenoxy) is 2. The summed E-state index contributed by atoms with van der Waals surface area (Å²) in [5, 5.41) is 10.2. The van der Waals surface area contributed by atoms with Gasteiger partial charge in [-0.3, -0.25) is 9.59 Å². The number of piperazine rings is 1. The molecule has 204 valence electrons. The van der Waals surface area contributed by atoms with Crippen LogP contribution >= 0.6 is 23.5 Å². The Hall–Kier alpha value is -3.37. The summed E-state index contributed by atoms with van der Waals surface area (Å²) in [6, 6.07) is 13.3. The van der Waals surface area contributed by atoms with Gasteiger partial charge in [0.15, 0.2) is 21.2 Å². The molecule has 2 amide bonds. The molecule has 3 aliphatic rings. The van der Waals surface area contributed by atoms with Crippen LogP contribution in [0.15, 0.2) is 72.3 Å². The predicted octanol–water partition coefficient (Wildman–Crippen LogP) is 3.86. The Morgan fingerprint density at radius 1 is 1.10 bits per heavy atom. The molecule has 0 bridgehead atoms. The lowest BCUT2D eigenvalue weighted by Crippen LogP contribution is -2.74. The SMILES string of the molecule is COc1ccc(C(=O)O[C@H]2C=CC=C3C[C@@]4(SC)C(=O)N(C)[C@](Cc5ccccc5)(SC)C(=O)N4[C@@H]32)cc1O. The minimum atomic E-state index is -1.16. The summed E-state index contributed by atoms with van der Waals surface area (Å²) in [5.41, 5.74) is 1.95. The van der Waals surface area contributed by atoms with E-state index in [0.29, 0.717) is 12.8 Å². The zero-order valence-electron chi connectivity index (χ0n) is 22.1. The molecule has 4 atom stereocenters. The molecule has 5 rings (SSSR count). The van der Waals surface area contributed by atoms with Crippen molar-refractivity contribution in [2.24, 2.45) is 0 Å². The number of phenols is 1. The molecule has 2 aliphatic heterocycles. The smallest absolute Gasteiger partial charge is 0.338 e. The van der Waals surface area contributed by atoms with Crippen molar-refractivity contribution in [3.05, 3.63) is 83.5 Å². The first-order valence-electron chi connectivity index (χ1n) is 12.4. The van der Waals surface area contributed by atoms with Crippen LogP contribution in [0.25, 0.3) is 0 Å². The van der Waals surface area contributed by atoms with Gasteiger partial charge in [0.05, 0.1) is 18.7 Å². The van der Waals surface area contributed by atoms with Crippen molar-refractivity contribution in [2.45, 2.75) is 34.7 Å². The Bertz CT molecular complexity index is 1380. The van der Waals surface area contributed by atoms with Crippen molar-refractivity contribution in [3.63, 3.8) is 0 Å². The number of likely N-dealkylation sites (N-methyl/N-ethyl adjacent to an activating group) is 1. The molecular weight excluding hydrogens is 536 g/mol. The minimum Gasteiger partial charge on any atom is -0.504 e. The maximum absolute atomic E-state index is 14.6. The van der Waals surface area contributed by atoms with Gasteiger partial charge in [0.2, 0.25) is 0 Å². The van der Waals surface area contributed by atoms with E-state index < -0.39 is 27.9 Å². The fourth-order valence-corrected chi connectivity index (χ4v) is 7.68. The molecule has 0 spiro atoms. The second-order valence-electron chi connectivity index (χ2n) is 9.68. The summed E-state index contributed by atoms with van der Waals surface area (Å²) in [7, 11) is 3.13. The average Bonchev–Trinajstić information content (AvgIpc) is 3.31. The van der Waals surface area contributed by atoms with Crippen LogP contribution in [0.4, 0.5) is 0 Å². The topological polar surface area (TPSA) is 96.4 Å². The number of aromatic hydroxyl groups is 1. The minimum absolute atomic E-state index is 0.148. The highest BCUT2D eigenvalue weighted by atomic mass is 32.2. The first kappa shape index (κ1) is 27.2. The van der Waals surface area contributed by atoms with E-state index in [1.807, 2.05) is 48.9 Å². The van der Waals surface area contributed by atoms with E-state index in [2.05, 4.69) is 0 Å². The molecule has 1 N–H and O–H groups in total. The Labute approximate surface area is 236 Å². The van der Waals surface area contributed by atoms with Crippen LogP contribution in [-0.2, 0) is 20.7 Å². The van der Waals surface area contributed by atoms with Gasteiger partial charge in [0, 0.05) is 19.9 Å². The van der Waals surface area contributed by atoms with Crippen LogP contribution in [-0.4, -0.2) is 81.2 Å². The molecule has 2 aromatic carbocycles. The Kier molecular flexibility index (Phi) is 7.19. The van der Waals surface area contributed by atoms with Gasteiger partial charge in [-0.25, -0.2) is 4.79 Å². The number of amides is 2.